The summed E-state index contributed by atoms with van der Waals surface area (Å²) in [5.74, 6) is -1.02. The maximum atomic E-state index is 13.3. The number of carbonyl (C=O) groups is 1. The van der Waals surface area contributed by atoms with Gasteiger partial charge in [0.05, 0.1) is 22.6 Å². The third-order valence-electron chi connectivity index (χ3n) is 4.98. The van der Waals surface area contributed by atoms with E-state index < -0.39 is 47.2 Å². The topological polar surface area (TPSA) is 87.4 Å². The summed E-state index contributed by atoms with van der Waals surface area (Å²) in [5, 5.41) is 15.4. The molecule has 5 N–H and O–H groups in total. The van der Waals surface area contributed by atoms with E-state index in [1.165, 1.54) is 6.08 Å². The van der Waals surface area contributed by atoms with Crippen molar-refractivity contribution in [1.82, 2.24) is 5.32 Å². The molecule has 2 aromatic carbocycles. The largest absolute Gasteiger partial charge is 0.511 e. The van der Waals surface area contributed by atoms with Crippen LogP contribution in [0.1, 0.15) is 30.0 Å². The maximum Gasteiger partial charge on any atom is 0.416 e. The minimum atomic E-state index is -5.07. The van der Waals surface area contributed by atoms with E-state index in [0.717, 1.165) is 6.92 Å². The van der Waals surface area contributed by atoms with Crippen LogP contribution in [0, 0.1) is 0 Å². The fourth-order valence-corrected chi connectivity index (χ4v) is 3.76. The molecule has 2 aromatic rings. The Balaban J connectivity index is 2.09. The Kier molecular flexibility index (Phi) is 6.53. The fraction of sp³-hybridized carbons (Fsp3) is 0.227. The maximum absolute atomic E-state index is 13.3. The summed E-state index contributed by atoms with van der Waals surface area (Å²) < 4.78 is 79.6. The molecule has 0 bridgehead atoms. The highest BCUT2D eigenvalue weighted by molar-refractivity contribution is 6.32. The average Bonchev–Trinajstić information content (AvgIpc) is 2.69. The summed E-state index contributed by atoms with van der Waals surface area (Å²) >= 11 is 6.40. The Morgan fingerprint density at radius 1 is 1.03 bits per heavy atom. The van der Waals surface area contributed by atoms with Gasteiger partial charge in [0.15, 0.2) is 5.66 Å². The molecule has 5 nitrogen and oxygen atoms in total. The second-order valence-electron chi connectivity index (χ2n) is 7.66. The van der Waals surface area contributed by atoms with Crippen LogP contribution in [0.3, 0.4) is 0 Å². The number of nitrogens with two attached hydrogens (primary N) is 1. The number of anilines is 2. The molecule has 182 valence electrons. The van der Waals surface area contributed by atoms with Gasteiger partial charge in [-0.2, -0.15) is 26.3 Å². The summed E-state index contributed by atoms with van der Waals surface area (Å²) in [6.45, 7) is 1.08. The third-order valence-corrected chi connectivity index (χ3v) is 5.41. The van der Waals surface area contributed by atoms with Gasteiger partial charge in [-0.15, -0.1) is 0 Å². The summed E-state index contributed by atoms with van der Waals surface area (Å²) in [5.41, 5.74) is 1.20. The van der Waals surface area contributed by atoms with Crippen molar-refractivity contribution in [3.63, 3.8) is 0 Å². The number of benzene rings is 2. The monoisotopic (exact) mass is 505 g/mol. The average molecular weight is 506 g/mol. The lowest BCUT2D eigenvalue weighted by Crippen LogP contribution is -2.55. The molecule has 1 amide bonds. The number of nitrogen functional groups attached to an aromatic ring is 1. The molecular formula is C22H18ClF6N3O2. The summed E-state index contributed by atoms with van der Waals surface area (Å²) in [7, 11) is 0. The van der Waals surface area contributed by atoms with Gasteiger partial charge in [-0.3, -0.25) is 4.79 Å². The molecule has 0 heterocycles. The summed E-state index contributed by atoms with van der Waals surface area (Å²) in [6, 6.07) is 7.19. The van der Waals surface area contributed by atoms with Gasteiger partial charge in [-0.25, -0.2) is 0 Å². The number of allylic oxidation sites excluding steroid dienone is 2. The molecule has 0 fully saturated rings. The van der Waals surface area contributed by atoms with Gasteiger partial charge in [0.25, 0.3) is 0 Å². The number of aliphatic hydroxyl groups excluding tert-OH is 1. The van der Waals surface area contributed by atoms with E-state index in [9.17, 15) is 36.2 Å². The zero-order valence-electron chi connectivity index (χ0n) is 17.4. The van der Waals surface area contributed by atoms with Crippen molar-refractivity contribution in [3.05, 3.63) is 76.0 Å². The quantitative estimate of drug-likeness (QED) is 0.231. The molecule has 0 spiro atoms. The van der Waals surface area contributed by atoms with Crippen molar-refractivity contribution in [3.8, 4) is 0 Å². The molecule has 34 heavy (non-hydrogen) atoms. The SMILES string of the molecule is CC(=O)NC1(Nc2cc(C(F)(F)F)cc(C(F)(F)F)c2)CC(O)=C(c2ccc(N)cc2)C=C1Cl. The van der Waals surface area contributed by atoms with E-state index >= 15 is 0 Å². The van der Waals surface area contributed by atoms with Gasteiger partial charge in [0, 0.05) is 23.9 Å². The highest BCUT2D eigenvalue weighted by Crippen LogP contribution is 2.42. The molecule has 1 aliphatic carbocycles. The second kappa shape index (κ2) is 8.79. The molecule has 1 atom stereocenters. The highest BCUT2D eigenvalue weighted by Gasteiger charge is 2.42. The number of hydrogen-bond acceptors (Lipinski definition) is 4. The minimum Gasteiger partial charge on any atom is -0.511 e. The van der Waals surface area contributed by atoms with E-state index in [2.05, 4.69) is 10.6 Å². The molecule has 0 saturated carbocycles. The van der Waals surface area contributed by atoms with Crippen molar-refractivity contribution in [2.75, 3.05) is 11.1 Å². The smallest absolute Gasteiger partial charge is 0.416 e. The van der Waals surface area contributed by atoms with E-state index in [4.69, 9.17) is 17.3 Å². The van der Waals surface area contributed by atoms with Gasteiger partial charge in [0.1, 0.15) is 5.76 Å². The number of carbonyl (C=O) groups excluding carboxylic acids is 1. The lowest BCUT2D eigenvalue weighted by molar-refractivity contribution is -0.143. The first kappa shape index (κ1) is 25.3. The first-order valence-electron chi connectivity index (χ1n) is 9.63. The van der Waals surface area contributed by atoms with Crippen molar-refractivity contribution >= 4 is 34.5 Å². The van der Waals surface area contributed by atoms with Gasteiger partial charge < -0.3 is 21.5 Å². The molecule has 1 aliphatic rings. The Bertz CT molecular complexity index is 1140. The lowest BCUT2D eigenvalue weighted by Gasteiger charge is -2.38. The van der Waals surface area contributed by atoms with Gasteiger partial charge >= 0.3 is 12.4 Å². The Labute approximate surface area is 194 Å². The Hall–Kier alpha value is -3.34. The predicted octanol–water partition coefficient (Wildman–Crippen LogP) is 6.05. The number of hydrogen-bond donors (Lipinski definition) is 4. The lowest BCUT2D eigenvalue weighted by atomic mass is 9.90. The molecule has 1 unspecified atom stereocenters. The van der Waals surface area contributed by atoms with E-state index in [1.54, 1.807) is 24.3 Å². The van der Waals surface area contributed by atoms with Crippen molar-refractivity contribution in [1.29, 1.82) is 0 Å². The summed E-state index contributed by atoms with van der Waals surface area (Å²) in [4.78, 5) is 11.9. The molecule has 0 radical (unpaired) electrons. The standard InChI is InChI=1S/C22H18ClF6N3O2/c1-11(33)31-20(10-18(34)17(9-19(20)23)12-2-4-15(30)5-3-12)32-16-7-13(21(24,25)26)6-14(8-16)22(27,28)29/h2-9,32,34H,10,30H2,1H3,(H,31,33). The van der Waals surface area contributed by atoms with Crippen LogP contribution in [-0.4, -0.2) is 16.7 Å². The first-order chi connectivity index (χ1) is 15.6. The third kappa shape index (κ3) is 5.41. The molecule has 0 aliphatic heterocycles. The van der Waals surface area contributed by atoms with Crippen LogP contribution in [-0.2, 0) is 17.1 Å². The number of nitrogens with one attached hydrogen (secondary N) is 2. The Morgan fingerprint density at radius 3 is 2.03 bits per heavy atom. The minimum absolute atomic E-state index is 0.0227. The van der Waals surface area contributed by atoms with E-state index in [0.29, 0.717) is 23.4 Å². The zero-order valence-corrected chi connectivity index (χ0v) is 18.2. The van der Waals surface area contributed by atoms with Crippen LogP contribution in [0.25, 0.3) is 5.57 Å². The van der Waals surface area contributed by atoms with E-state index in [1.807, 2.05) is 0 Å². The van der Waals surface area contributed by atoms with Gasteiger partial charge in [-0.05, 0) is 42.0 Å². The van der Waals surface area contributed by atoms with Crippen LogP contribution >= 0.6 is 11.6 Å². The fourth-order valence-electron chi connectivity index (χ4n) is 3.49. The van der Waals surface area contributed by atoms with Crippen molar-refractivity contribution in [2.45, 2.75) is 31.4 Å². The normalized spacial score (nSPS) is 19.0. The number of aliphatic hydroxyl groups is 1. The van der Waals surface area contributed by atoms with Crippen molar-refractivity contribution < 1.29 is 36.2 Å². The molecule has 0 aromatic heterocycles. The molecule has 0 saturated heterocycles. The van der Waals surface area contributed by atoms with E-state index in [-0.39, 0.29) is 22.4 Å². The van der Waals surface area contributed by atoms with Crippen LogP contribution in [0.4, 0.5) is 37.7 Å². The van der Waals surface area contributed by atoms with Crippen LogP contribution in [0.2, 0.25) is 0 Å². The van der Waals surface area contributed by atoms with Crippen LogP contribution in [0.5, 0.6) is 0 Å². The molecular weight excluding hydrogens is 488 g/mol. The number of halogens is 7. The van der Waals surface area contributed by atoms with Gasteiger partial charge in [0.2, 0.25) is 5.91 Å². The summed E-state index contributed by atoms with van der Waals surface area (Å²) in [6.07, 6.45) is -9.36. The van der Waals surface area contributed by atoms with Gasteiger partial charge in [-0.1, -0.05) is 23.7 Å². The van der Waals surface area contributed by atoms with Crippen LogP contribution < -0.4 is 16.4 Å². The molecule has 3 rings (SSSR count). The number of alkyl halides is 6. The molecule has 12 heteroatoms. The Morgan fingerprint density at radius 2 is 1.56 bits per heavy atom. The number of rotatable bonds is 4. The highest BCUT2D eigenvalue weighted by atomic mass is 35.5. The second-order valence-corrected chi connectivity index (χ2v) is 8.06. The predicted molar refractivity (Wildman–Crippen MR) is 116 cm³/mol. The zero-order chi connectivity index (χ0) is 25.5. The van der Waals surface area contributed by atoms with Crippen molar-refractivity contribution in [2.24, 2.45) is 0 Å². The first-order valence-corrected chi connectivity index (χ1v) is 10.0. The van der Waals surface area contributed by atoms with Crippen LogP contribution in [0.15, 0.2) is 59.3 Å². The number of amides is 1.